The van der Waals surface area contributed by atoms with E-state index < -0.39 is 15.8 Å². The highest BCUT2D eigenvalue weighted by atomic mass is 32.2. The first-order valence-electron chi connectivity index (χ1n) is 19.8. The van der Waals surface area contributed by atoms with Gasteiger partial charge in [-0.25, -0.2) is 13.2 Å². The predicted octanol–water partition coefficient (Wildman–Crippen LogP) is 7.88. The normalized spacial score (nSPS) is 41.2. The molecule has 5 fully saturated rings. The maximum Gasteiger partial charge on any atom is 0.335 e. The van der Waals surface area contributed by atoms with Crippen molar-refractivity contribution < 1.29 is 23.1 Å². The van der Waals surface area contributed by atoms with E-state index in [0.717, 1.165) is 37.7 Å². The topological polar surface area (TPSA) is 104 Å². The monoisotopic (exact) mass is 718 g/mol. The lowest BCUT2D eigenvalue weighted by molar-refractivity contribution is -0.225. The summed E-state index contributed by atoms with van der Waals surface area (Å²) >= 11 is 0. The van der Waals surface area contributed by atoms with Crippen LogP contribution in [0.1, 0.15) is 115 Å². The van der Waals surface area contributed by atoms with Crippen LogP contribution in [0.5, 0.6) is 0 Å². The average molecular weight is 719 g/mol. The highest BCUT2D eigenvalue weighted by Crippen LogP contribution is 2.77. The Hall–Kier alpha value is -2.45. The van der Waals surface area contributed by atoms with Gasteiger partial charge in [-0.05, 0) is 139 Å². The summed E-state index contributed by atoms with van der Waals surface area (Å²) in [5, 5.41) is 12.9. The van der Waals surface area contributed by atoms with Crippen LogP contribution in [0.25, 0.3) is 5.57 Å². The van der Waals surface area contributed by atoms with E-state index in [1.54, 1.807) is 12.1 Å². The van der Waals surface area contributed by atoms with Crippen molar-refractivity contribution >= 4 is 27.3 Å². The quantitative estimate of drug-likeness (QED) is 0.278. The number of carboxylic acid groups (broad SMARTS) is 1. The van der Waals surface area contributed by atoms with Gasteiger partial charge in [0.05, 0.1) is 22.5 Å². The number of rotatable bonds is 7. The van der Waals surface area contributed by atoms with Crippen LogP contribution >= 0.6 is 0 Å². The van der Waals surface area contributed by atoms with Crippen molar-refractivity contribution in [2.24, 2.45) is 56.7 Å². The predicted molar refractivity (Wildman–Crippen MR) is 204 cm³/mol. The number of nitrogens with one attached hydrogen (secondary N) is 1. The Morgan fingerprint density at radius 1 is 0.902 bits per heavy atom. The molecule has 280 valence electrons. The van der Waals surface area contributed by atoms with Crippen molar-refractivity contribution in [1.82, 2.24) is 10.2 Å². The van der Waals surface area contributed by atoms with Gasteiger partial charge in [0.15, 0.2) is 9.84 Å². The molecule has 1 aliphatic heterocycles. The second kappa shape index (κ2) is 12.6. The molecule has 0 bridgehead atoms. The van der Waals surface area contributed by atoms with E-state index in [2.05, 4.69) is 64.4 Å². The minimum atomic E-state index is -2.92. The van der Waals surface area contributed by atoms with Gasteiger partial charge in [-0.2, -0.15) is 0 Å². The molecule has 7 nitrogen and oxygen atoms in total. The van der Waals surface area contributed by atoms with Crippen LogP contribution in [0.3, 0.4) is 0 Å². The van der Waals surface area contributed by atoms with E-state index >= 15 is 0 Å². The summed E-state index contributed by atoms with van der Waals surface area (Å²) in [7, 11) is -2.92. The molecule has 51 heavy (non-hydrogen) atoms. The number of nitrogens with zero attached hydrogens (tertiary/aromatic N) is 1. The van der Waals surface area contributed by atoms with E-state index in [9.17, 15) is 23.1 Å². The van der Waals surface area contributed by atoms with Gasteiger partial charge in [-0.1, -0.05) is 65.0 Å². The molecule has 1 aromatic carbocycles. The molecule has 6 aliphatic rings. The van der Waals surface area contributed by atoms with Crippen LogP contribution in [0.4, 0.5) is 0 Å². The highest BCUT2D eigenvalue weighted by molar-refractivity contribution is 7.91. The van der Waals surface area contributed by atoms with Crippen molar-refractivity contribution in [1.29, 1.82) is 0 Å². The van der Waals surface area contributed by atoms with Crippen LogP contribution in [-0.4, -0.2) is 68.0 Å². The number of aromatic carboxylic acids is 1. The minimum Gasteiger partial charge on any atom is -0.478 e. The Kier molecular flexibility index (Phi) is 9.09. The molecule has 0 aromatic heterocycles. The third-order valence-electron chi connectivity index (χ3n) is 16.7. The smallest absolute Gasteiger partial charge is 0.335 e. The Morgan fingerprint density at radius 3 is 2.24 bits per heavy atom. The van der Waals surface area contributed by atoms with Crippen molar-refractivity contribution in [2.75, 3.05) is 37.7 Å². The van der Waals surface area contributed by atoms with E-state index in [4.69, 9.17) is 0 Å². The van der Waals surface area contributed by atoms with E-state index in [0.29, 0.717) is 61.3 Å². The molecule has 1 amide bonds. The Balaban J connectivity index is 1.14. The van der Waals surface area contributed by atoms with Gasteiger partial charge in [0, 0.05) is 26.2 Å². The average Bonchev–Trinajstić information content (AvgIpc) is 3.47. The van der Waals surface area contributed by atoms with Gasteiger partial charge in [-0.3, -0.25) is 9.69 Å². The van der Waals surface area contributed by atoms with Gasteiger partial charge in [-0.15, -0.1) is 0 Å². The molecule has 9 atom stereocenters. The van der Waals surface area contributed by atoms with E-state index in [1.807, 2.05) is 12.1 Å². The molecule has 0 spiro atoms. The number of allylic oxidation sites excluding steroid dienone is 3. The van der Waals surface area contributed by atoms with Gasteiger partial charge in [0.25, 0.3) is 0 Å². The largest absolute Gasteiger partial charge is 0.478 e. The second-order valence-corrected chi connectivity index (χ2v) is 21.3. The lowest BCUT2D eigenvalue weighted by Gasteiger charge is -2.72. The SMILES string of the molecule is C=C(C)[C@@H]1CC[C@]2(C(=O)NCCN3CCS(=O)(=O)CC3)CC[C@]3(C)[C@H](CC[C@@H]4[C@@]5(C)CC=C(c6ccc(C(=O)O)cc6)C(C)(C)[C@@H]5CC[C@]43C)[C@@H]12. The van der Waals surface area contributed by atoms with Crippen LogP contribution < -0.4 is 5.32 Å². The third-order valence-corrected chi connectivity index (χ3v) is 18.3. The fraction of sp³-hybridized carbons (Fsp3) is 0.721. The summed E-state index contributed by atoms with van der Waals surface area (Å²) < 4.78 is 23.9. The third kappa shape index (κ3) is 5.62. The first-order chi connectivity index (χ1) is 23.9. The molecular formula is C43H62N2O5S. The molecule has 1 aromatic rings. The van der Waals surface area contributed by atoms with Gasteiger partial charge < -0.3 is 10.4 Å². The second-order valence-electron chi connectivity index (χ2n) is 19.0. The first kappa shape index (κ1) is 36.9. The molecule has 8 heteroatoms. The maximum atomic E-state index is 14.5. The number of fused-ring (bicyclic) bond motifs is 7. The molecule has 4 saturated carbocycles. The molecule has 7 rings (SSSR count). The van der Waals surface area contributed by atoms with Crippen LogP contribution in [-0.2, 0) is 14.6 Å². The Morgan fingerprint density at radius 2 is 1.59 bits per heavy atom. The number of benzene rings is 1. The number of hydrogen-bond acceptors (Lipinski definition) is 5. The molecule has 0 unspecified atom stereocenters. The zero-order valence-electron chi connectivity index (χ0n) is 32.0. The summed E-state index contributed by atoms with van der Waals surface area (Å²) in [5.41, 5.74) is 4.16. The van der Waals surface area contributed by atoms with Crippen LogP contribution in [0.2, 0.25) is 0 Å². The summed E-state index contributed by atoms with van der Waals surface area (Å²) in [6.07, 6.45) is 12.3. The maximum absolute atomic E-state index is 14.5. The zero-order valence-corrected chi connectivity index (χ0v) is 32.8. The summed E-state index contributed by atoms with van der Waals surface area (Å²) in [4.78, 5) is 28.2. The summed E-state index contributed by atoms with van der Waals surface area (Å²) in [6.45, 7) is 21.8. The van der Waals surface area contributed by atoms with Gasteiger partial charge in [0.2, 0.25) is 5.91 Å². The molecule has 0 radical (unpaired) electrons. The molecule has 1 heterocycles. The number of hydrogen-bond donors (Lipinski definition) is 2. The standard InChI is InChI=1S/C43H62N2O5S/c1-28(2)31-14-19-43(38(48)44-22-23-45-24-26-51(49,50)27-25-45)21-20-41(6)33(36(31)43)12-13-35-40(5)17-15-32(29-8-10-30(11-9-29)37(46)47)39(3,4)34(40)16-18-42(35,41)7/h8-11,15,31,33-36H,1,12-14,16-27H2,2-7H3,(H,44,48)(H,46,47)/t31-,33+,34-,35+,36+,40-,41+,42+,43-/m0/s1. The number of sulfone groups is 1. The highest BCUT2D eigenvalue weighted by Gasteiger charge is 2.71. The fourth-order valence-corrected chi connectivity index (χ4v) is 15.2. The van der Waals surface area contributed by atoms with Crippen molar-refractivity contribution in [3.05, 3.63) is 53.6 Å². The van der Waals surface area contributed by atoms with Crippen molar-refractivity contribution in [3.63, 3.8) is 0 Å². The van der Waals surface area contributed by atoms with Crippen LogP contribution in [0.15, 0.2) is 42.5 Å². The first-order valence-corrected chi connectivity index (χ1v) is 21.6. The van der Waals surface area contributed by atoms with Gasteiger partial charge in [0.1, 0.15) is 0 Å². The summed E-state index contributed by atoms with van der Waals surface area (Å²) in [5.74, 6) is 2.05. The fourth-order valence-electron chi connectivity index (χ4n) is 13.9. The van der Waals surface area contributed by atoms with Crippen LogP contribution in [0, 0.1) is 56.7 Å². The summed E-state index contributed by atoms with van der Waals surface area (Å²) in [6, 6.07) is 7.50. The number of carboxylic acids is 1. The van der Waals surface area contributed by atoms with Crippen molar-refractivity contribution in [2.45, 2.75) is 99.3 Å². The number of carbonyl (C=O) groups excluding carboxylic acids is 1. The molecular weight excluding hydrogens is 657 g/mol. The Labute approximate surface area is 307 Å². The molecule has 2 N–H and O–H groups in total. The van der Waals surface area contributed by atoms with Gasteiger partial charge >= 0.3 is 5.97 Å². The number of amides is 1. The van der Waals surface area contributed by atoms with E-state index in [1.165, 1.54) is 36.8 Å². The van der Waals surface area contributed by atoms with E-state index in [-0.39, 0.29) is 44.5 Å². The molecule has 1 saturated heterocycles. The zero-order chi connectivity index (χ0) is 36.8. The van der Waals surface area contributed by atoms with Crippen molar-refractivity contribution in [3.8, 4) is 0 Å². The number of carbonyl (C=O) groups is 2. The Bertz CT molecular complexity index is 1720. The minimum absolute atomic E-state index is 0.0322. The molecule has 5 aliphatic carbocycles. The lowest BCUT2D eigenvalue weighted by Crippen LogP contribution is -2.66. The lowest BCUT2D eigenvalue weighted by atomic mass is 9.32.